The number of benzene rings is 2. The number of fused-ring (bicyclic) bond motifs is 1. The molecule has 0 bridgehead atoms. The van der Waals surface area contributed by atoms with Gasteiger partial charge in [-0.05, 0) is 30.3 Å². The first-order valence-corrected chi connectivity index (χ1v) is 7.94. The summed E-state index contributed by atoms with van der Waals surface area (Å²) in [7, 11) is 3.13. The molecular formula is C17H16N2O4S. The summed E-state index contributed by atoms with van der Waals surface area (Å²) in [6.07, 6.45) is 1.58. The third kappa shape index (κ3) is 3.64. The zero-order valence-electron chi connectivity index (χ0n) is 13.2. The molecule has 1 heterocycles. The summed E-state index contributed by atoms with van der Waals surface area (Å²) in [5.74, 6) is 1.42. The van der Waals surface area contributed by atoms with E-state index in [-0.39, 0.29) is 12.5 Å². The van der Waals surface area contributed by atoms with Crippen molar-refractivity contribution in [2.24, 2.45) is 4.99 Å². The topological polar surface area (TPSA) is 73.2 Å². The molecule has 0 fully saturated rings. The van der Waals surface area contributed by atoms with Crippen molar-refractivity contribution in [3.05, 3.63) is 42.0 Å². The van der Waals surface area contributed by atoms with Crippen molar-refractivity contribution < 1.29 is 19.3 Å². The third-order valence-corrected chi connectivity index (χ3v) is 4.17. The van der Waals surface area contributed by atoms with E-state index in [2.05, 4.69) is 9.98 Å². The lowest BCUT2D eigenvalue weighted by molar-refractivity contribution is 0.0512. The molecule has 0 aliphatic rings. The summed E-state index contributed by atoms with van der Waals surface area (Å²) in [4.78, 5) is 8.78. The molecule has 0 radical (unpaired) electrons. The molecule has 124 valence electrons. The van der Waals surface area contributed by atoms with Gasteiger partial charge < -0.3 is 19.3 Å². The number of aliphatic imine (C=N–C) groups is 1. The summed E-state index contributed by atoms with van der Waals surface area (Å²) in [6.45, 7) is 0.200. The molecule has 0 saturated heterocycles. The number of ether oxygens (including phenoxy) is 3. The Morgan fingerprint density at radius 2 is 2.00 bits per heavy atom. The molecule has 0 saturated carbocycles. The smallest absolute Gasteiger partial charge is 0.210 e. The Morgan fingerprint density at radius 1 is 1.17 bits per heavy atom. The molecule has 0 aliphatic heterocycles. The zero-order chi connectivity index (χ0) is 16.9. The van der Waals surface area contributed by atoms with E-state index >= 15 is 0 Å². The molecule has 2 aromatic carbocycles. The lowest BCUT2D eigenvalue weighted by atomic mass is 10.2. The summed E-state index contributed by atoms with van der Waals surface area (Å²) in [5.41, 5.74) is 1.44. The van der Waals surface area contributed by atoms with Gasteiger partial charge >= 0.3 is 0 Å². The molecular weight excluding hydrogens is 328 g/mol. The summed E-state index contributed by atoms with van der Waals surface area (Å²) in [5, 5.41) is 10.5. The van der Waals surface area contributed by atoms with Crippen LogP contribution < -0.4 is 9.47 Å². The number of rotatable bonds is 6. The van der Waals surface area contributed by atoms with Crippen LogP contribution in [0.2, 0.25) is 0 Å². The fraction of sp³-hybridized carbons (Fsp3) is 0.176. The van der Waals surface area contributed by atoms with E-state index in [0.717, 1.165) is 16.0 Å². The molecule has 1 N–H and O–H groups in total. The van der Waals surface area contributed by atoms with Gasteiger partial charge in [0.05, 0.1) is 17.3 Å². The number of aromatic hydroxyl groups is 1. The maximum Gasteiger partial charge on any atom is 0.210 e. The predicted molar refractivity (Wildman–Crippen MR) is 94.0 cm³/mol. The van der Waals surface area contributed by atoms with Crippen LogP contribution in [0.4, 0.5) is 5.13 Å². The second kappa shape index (κ2) is 7.29. The van der Waals surface area contributed by atoms with E-state index in [0.29, 0.717) is 16.4 Å². The largest absolute Gasteiger partial charge is 0.507 e. The van der Waals surface area contributed by atoms with Gasteiger partial charge in [-0.25, -0.2) is 9.98 Å². The molecule has 3 aromatic rings. The molecule has 7 heteroatoms. The number of hydrogen-bond acceptors (Lipinski definition) is 7. The second-order valence-corrected chi connectivity index (χ2v) is 5.87. The van der Waals surface area contributed by atoms with Gasteiger partial charge in [-0.15, -0.1) is 0 Å². The van der Waals surface area contributed by atoms with Crippen LogP contribution in [0.3, 0.4) is 0 Å². The summed E-state index contributed by atoms with van der Waals surface area (Å²) >= 11 is 1.44. The Kier molecular flexibility index (Phi) is 4.93. The van der Waals surface area contributed by atoms with E-state index in [9.17, 15) is 5.11 Å². The van der Waals surface area contributed by atoms with E-state index < -0.39 is 0 Å². The van der Waals surface area contributed by atoms with Crippen molar-refractivity contribution in [2.75, 3.05) is 21.0 Å². The number of phenols is 1. The highest BCUT2D eigenvalue weighted by Crippen LogP contribution is 2.31. The number of hydrogen-bond donors (Lipinski definition) is 1. The maximum atomic E-state index is 9.94. The summed E-state index contributed by atoms with van der Waals surface area (Å²) in [6, 6.07) is 10.7. The molecule has 0 atom stereocenters. The monoisotopic (exact) mass is 344 g/mol. The zero-order valence-corrected chi connectivity index (χ0v) is 14.0. The fourth-order valence-electron chi connectivity index (χ4n) is 2.05. The first-order valence-electron chi connectivity index (χ1n) is 7.13. The Hall–Kier alpha value is -2.64. The average Bonchev–Trinajstić information content (AvgIpc) is 3.00. The van der Waals surface area contributed by atoms with Crippen molar-refractivity contribution in [1.29, 1.82) is 0 Å². The lowest BCUT2D eigenvalue weighted by Gasteiger charge is -2.03. The van der Waals surface area contributed by atoms with Gasteiger partial charge in [0.15, 0.2) is 6.79 Å². The van der Waals surface area contributed by atoms with Gasteiger partial charge in [-0.3, -0.25) is 0 Å². The van der Waals surface area contributed by atoms with E-state index in [1.807, 2.05) is 18.2 Å². The van der Waals surface area contributed by atoms with Gasteiger partial charge in [0, 0.05) is 25.0 Å². The van der Waals surface area contributed by atoms with Crippen molar-refractivity contribution in [3.8, 4) is 17.2 Å². The highest BCUT2D eigenvalue weighted by molar-refractivity contribution is 7.22. The highest BCUT2D eigenvalue weighted by Gasteiger charge is 2.05. The van der Waals surface area contributed by atoms with Crippen molar-refractivity contribution in [1.82, 2.24) is 4.98 Å². The average molecular weight is 344 g/mol. The minimum Gasteiger partial charge on any atom is -0.507 e. The van der Waals surface area contributed by atoms with Crippen LogP contribution in [-0.4, -0.2) is 37.3 Å². The normalized spacial score (nSPS) is 11.2. The van der Waals surface area contributed by atoms with E-state index in [1.54, 1.807) is 38.6 Å². The minimum absolute atomic E-state index is 0.106. The van der Waals surface area contributed by atoms with E-state index in [4.69, 9.17) is 14.2 Å². The van der Waals surface area contributed by atoms with Crippen molar-refractivity contribution in [3.63, 3.8) is 0 Å². The Balaban J connectivity index is 1.82. The Bertz CT molecular complexity index is 876. The van der Waals surface area contributed by atoms with Gasteiger partial charge in [0.2, 0.25) is 5.13 Å². The number of phenolic OH excluding ortho intramolecular Hbond substituents is 1. The number of thiazole rings is 1. The quantitative estimate of drug-likeness (QED) is 0.545. The molecule has 6 nitrogen and oxygen atoms in total. The van der Waals surface area contributed by atoms with Crippen LogP contribution >= 0.6 is 11.3 Å². The van der Waals surface area contributed by atoms with Crippen LogP contribution in [0.5, 0.6) is 17.2 Å². The van der Waals surface area contributed by atoms with Gasteiger partial charge in [0.25, 0.3) is 0 Å². The van der Waals surface area contributed by atoms with Crippen molar-refractivity contribution >= 4 is 32.9 Å². The fourth-order valence-corrected chi connectivity index (χ4v) is 2.89. The molecule has 3 rings (SSSR count). The van der Waals surface area contributed by atoms with Crippen LogP contribution in [0, 0.1) is 0 Å². The molecule has 24 heavy (non-hydrogen) atoms. The van der Waals surface area contributed by atoms with Crippen molar-refractivity contribution in [2.45, 2.75) is 0 Å². The predicted octanol–water partition coefficient (Wildman–Crippen LogP) is 3.74. The lowest BCUT2D eigenvalue weighted by Crippen LogP contribution is -1.98. The number of methoxy groups -OCH3 is 2. The first kappa shape index (κ1) is 16.2. The molecule has 0 amide bonds. The van der Waals surface area contributed by atoms with Gasteiger partial charge in [-0.1, -0.05) is 11.3 Å². The Labute approximate surface area is 143 Å². The third-order valence-electron chi connectivity index (χ3n) is 3.24. The van der Waals surface area contributed by atoms with Crippen LogP contribution in [0.15, 0.2) is 41.4 Å². The maximum absolute atomic E-state index is 9.94. The molecule has 0 unspecified atom stereocenters. The van der Waals surface area contributed by atoms with Gasteiger partial charge in [-0.2, -0.15) is 0 Å². The second-order valence-electron chi connectivity index (χ2n) is 4.86. The highest BCUT2D eigenvalue weighted by atomic mass is 32.1. The number of nitrogens with zero attached hydrogens (tertiary/aromatic N) is 2. The van der Waals surface area contributed by atoms with E-state index in [1.165, 1.54) is 11.3 Å². The van der Waals surface area contributed by atoms with Crippen LogP contribution in [0.25, 0.3) is 10.2 Å². The molecule has 0 spiro atoms. The number of aromatic nitrogens is 1. The first-order chi connectivity index (χ1) is 11.7. The molecule has 1 aromatic heterocycles. The SMILES string of the molecule is COCOc1ccc2nc(/N=C/c3ccc(OC)cc3O)sc2c1. The van der Waals surface area contributed by atoms with Crippen LogP contribution in [0.1, 0.15) is 5.56 Å². The van der Waals surface area contributed by atoms with Gasteiger partial charge in [0.1, 0.15) is 17.2 Å². The Morgan fingerprint density at radius 3 is 2.75 bits per heavy atom. The standard InChI is InChI=1S/C17H16N2O4S/c1-21-10-23-13-5-6-14-16(8-13)24-17(19-14)18-9-11-3-4-12(22-2)7-15(11)20/h3-9,20H,10H2,1-2H3/b18-9+. The molecule has 0 aliphatic carbocycles. The van der Waals surface area contributed by atoms with Crippen LogP contribution in [-0.2, 0) is 4.74 Å². The summed E-state index contributed by atoms with van der Waals surface area (Å²) < 4.78 is 16.3. The minimum atomic E-state index is 0.106.